The molecule has 0 aliphatic carbocycles. The standard InChI is InChI=1S/C18H12FN3/c19-15-7-6-12(17-13(15)5-2-9-21-17)11-3-1-4-14-16(20)8-10-22-18(11)14/h1-10H,(H2,20,22). The second kappa shape index (κ2) is 4.77. The number of para-hydroxylation sites is 1. The van der Waals surface area contributed by atoms with Crippen molar-refractivity contribution in [3.63, 3.8) is 0 Å². The predicted octanol–water partition coefficient (Wildman–Crippen LogP) is 4.17. The van der Waals surface area contributed by atoms with Gasteiger partial charge in [0.15, 0.2) is 0 Å². The SMILES string of the molecule is Nc1ccnc2c(-c3ccc(F)c4cccnc34)cccc12. The Morgan fingerprint density at radius 2 is 1.45 bits per heavy atom. The molecule has 2 aromatic carbocycles. The van der Waals surface area contributed by atoms with Crippen molar-refractivity contribution in [3.05, 3.63) is 66.7 Å². The number of hydrogen-bond acceptors (Lipinski definition) is 3. The minimum atomic E-state index is -0.278. The molecule has 2 heterocycles. The second-order valence-corrected chi connectivity index (χ2v) is 5.10. The zero-order chi connectivity index (χ0) is 15.1. The van der Waals surface area contributed by atoms with E-state index >= 15 is 0 Å². The van der Waals surface area contributed by atoms with Gasteiger partial charge in [-0.2, -0.15) is 0 Å². The van der Waals surface area contributed by atoms with Gasteiger partial charge in [0.05, 0.1) is 11.0 Å². The largest absolute Gasteiger partial charge is 0.398 e. The zero-order valence-corrected chi connectivity index (χ0v) is 11.6. The Kier molecular flexibility index (Phi) is 2.76. The number of nitrogen functional groups attached to an aromatic ring is 1. The van der Waals surface area contributed by atoms with Gasteiger partial charge >= 0.3 is 0 Å². The first-order chi connectivity index (χ1) is 10.8. The molecule has 0 aliphatic heterocycles. The lowest BCUT2D eigenvalue weighted by Crippen LogP contribution is -1.93. The molecule has 0 fully saturated rings. The van der Waals surface area contributed by atoms with Crippen molar-refractivity contribution >= 4 is 27.5 Å². The van der Waals surface area contributed by atoms with E-state index in [2.05, 4.69) is 9.97 Å². The molecule has 0 amide bonds. The highest BCUT2D eigenvalue weighted by Gasteiger charge is 2.12. The number of nitrogens with two attached hydrogens (primary N) is 1. The smallest absolute Gasteiger partial charge is 0.132 e. The van der Waals surface area contributed by atoms with Crippen LogP contribution >= 0.6 is 0 Å². The van der Waals surface area contributed by atoms with E-state index in [-0.39, 0.29) is 5.82 Å². The first-order valence-corrected chi connectivity index (χ1v) is 6.92. The van der Waals surface area contributed by atoms with Crippen LogP contribution in [0.25, 0.3) is 32.9 Å². The number of anilines is 1. The van der Waals surface area contributed by atoms with E-state index in [9.17, 15) is 4.39 Å². The lowest BCUT2D eigenvalue weighted by molar-refractivity contribution is 0.639. The predicted molar refractivity (Wildman–Crippen MR) is 86.9 cm³/mol. The normalized spacial score (nSPS) is 11.1. The monoisotopic (exact) mass is 289 g/mol. The van der Waals surface area contributed by atoms with Gasteiger partial charge in [-0.15, -0.1) is 0 Å². The quantitative estimate of drug-likeness (QED) is 0.572. The topological polar surface area (TPSA) is 51.8 Å². The van der Waals surface area contributed by atoms with Gasteiger partial charge in [0.2, 0.25) is 0 Å². The molecule has 2 aromatic heterocycles. The molecule has 0 radical (unpaired) electrons. The number of benzene rings is 2. The average Bonchev–Trinajstić information content (AvgIpc) is 2.56. The highest BCUT2D eigenvalue weighted by molar-refractivity contribution is 6.05. The van der Waals surface area contributed by atoms with Gasteiger partial charge in [0.25, 0.3) is 0 Å². The average molecular weight is 289 g/mol. The summed E-state index contributed by atoms with van der Waals surface area (Å²) in [5, 5.41) is 1.38. The molecular formula is C18H12FN3. The summed E-state index contributed by atoms with van der Waals surface area (Å²) in [6.45, 7) is 0. The molecule has 22 heavy (non-hydrogen) atoms. The third-order valence-electron chi connectivity index (χ3n) is 3.81. The van der Waals surface area contributed by atoms with E-state index in [0.29, 0.717) is 16.6 Å². The van der Waals surface area contributed by atoms with Gasteiger partial charge in [0, 0.05) is 40.0 Å². The Morgan fingerprint density at radius 1 is 0.727 bits per heavy atom. The summed E-state index contributed by atoms with van der Waals surface area (Å²) in [4.78, 5) is 8.79. The van der Waals surface area contributed by atoms with Crippen LogP contribution in [0.3, 0.4) is 0 Å². The van der Waals surface area contributed by atoms with Crippen LogP contribution in [0.5, 0.6) is 0 Å². The van der Waals surface area contributed by atoms with Crippen LogP contribution in [0.4, 0.5) is 10.1 Å². The molecule has 0 atom stereocenters. The zero-order valence-electron chi connectivity index (χ0n) is 11.6. The maximum absolute atomic E-state index is 14.0. The molecule has 0 saturated carbocycles. The van der Waals surface area contributed by atoms with E-state index in [1.807, 2.05) is 18.2 Å². The number of nitrogens with zero attached hydrogens (tertiary/aromatic N) is 2. The fraction of sp³-hybridized carbons (Fsp3) is 0. The van der Waals surface area contributed by atoms with Crippen molar-refractivity contribution in [2.24, 2.45) is 0 Å². The van der Waals surface area contributed by atoms with Crippen molar-refractivity contribution in [2.75, 3.05) is 5.73 Å². The highest BCUT2D eigenvalue weighted by atomic mass is 19.1. The summed E-state index contributed by atoms with van der Waals surface area (Å²) in [7, 11) is 0. The van der Waals surface area contributed by atoms with Crippen LogP contribution in [0, 0.1) is 5.82 Å². The summed E-state index contributed by atoms with van der Waals surface area (Å²) in [6.07, 6.45) is 3.35. The number of fused-ring (bicyclic) bond motifs is 2. The molecule has 4 rings (SSSR count). The Bertz CT molecular complexity index is 975. The molecular weight excluding hydrogens is 277 g/mol. The van der Waals surface area contributed by atoms with Gasteiger partial charge < -0.3 is 5.73 Å². The first kappa shape index (κ1) is 12.7. The first-order valence-electron chi connectivity index (χ1n) is 6.92. The van der Waals surface area contributed by atoms with Crippen LogP contribution in [0.15, 0.2) is 60.9 Å². The molecule has 0 saturated heterocycles. The van der Waals surface area contributed by atoms with Crippen molar-refractivity contribution in [2.45, 2.75) is 0 Å². The number of pyridine rings is 2. The molecule has 0 aliphatic rings. The minimum Gasteiger partial charge on any atom is -0.398 e. The van der Waals surface area contributed by atoms with Gasteiger partial charge in [-0.05, 0) is 30.3 Å². The Balaban J connectivity index is 2.13. The summed E-state index contributed by atoms with van der Waals surface area (Å²) in [6, 6.07) is 14.2. The third-order valence-corrected chi connectivity index (χ3v) is 3.81. The summed E-state index contributed by atoms with van der Waals surface area (Å²) >= 11 is 0. The van der Waals surface area contributed by atoms with Crippen LogP contribution < -0.4 is 5.73 Å². The van der Waals surface area contributed by atoms with E-state index in [1.54, 1.807) is 36.7 Å². The Hall–Kier alpha value is -3.01. The van der Waals surface area contributed by atoms with E-state index < -0.39 is 0 Å². The van der Waals surface area contributed by atoms with Gasteiger partial charge in [-0.3, -0.25) is 9.97 Å². The molecule has 3 nitrogen and oxygen atoms in total. The van der Waals surface area contributed by atoms with Crippen molar-refractivity contribution in [3.8, 4) is 11.1 Å². The molecule has 0 spiro atoms. The van der Waals surface area contributed by atoms with E-state index in [4.69, 9.17) is 5.73 Å². The maximum Gasteiger partial charge on any atom is 0.132 e. The fourth-order valence-corrected chi connectivity index (χ4v) is 2.77. The summed E-state index contributed by atoms with van der Waals surface area (Å²) < 4.78 is 14.0. The van der Waals surface area contributed by atoms with Gasteiger partial charge in [-0.25, -0.2) is 4.39 Å². The second-order valence-electron chi connectivity index (χ2n) is 5.10. The van der Waals surface area contributed by atoms with Crippen LogP contribution in [0.2, 0.25) is 0 Å². The van der Waals surface area contributed by atoms with Crippen molar-refractivity contribution in [1.82, 2.24) is 9.97 Å². The Morgan fingerprint density at radius 3 is 2.36 bits per heavy atom. The van der Waals surface area contributed by atoms with Crippen molar-refractivity contribution < 1.29 is 4.39 Å². The number of rotatable bonds is 1. The lowest BCUT2D eigenvalue weighted by atomic mass is 9.98. The molecule has 4 heteroatoms. The highest BCUT2D eigenvalue weighted by Crippen LogP contribution is 2.34. The summed E-state index contributed by atoms with van der Waals surface area (Å²) in [5.41, 5.74) is 9.86. The van der Waals surface area contributed by atoms with Crippen LogP contribution in [-0.2, 0) is 0 Å². The number of hydrogen-bond donors (Lipinski definition) is 1. The minimum absolute atomic E-state index is 0.278. The maximum atomic E-state index is 14.0. The summed E-state index contributed by atoms with van der Waals surface area (Å²) in [5.74, 6) is -0.278. The lowest BCUT2D eigenvalue weighted by Gasteiger charge is -2.10. The van der Waals surface area contributed by atoms with Gasteiger partial charge in [-0.1, -0.05) is 18.2 Å². The molecule has 2 N–H and O–H groups in total. The molecule has 4 aromatic rings. The third kappa shape index (κ3) is 1.81. The van der Waals surface area contributed by atoms with E-state index in [0.717, 1.165) is 22.0 Å². The molecule has 0 unspecified atom stereocenters. The van der Waals surface area contributed by atoms with Crippen molar-refractivity contribution in [1.29, 1.82) is 0 Å². The van der Waals surface area contributed by atoms with E-state index in [1.165, 1.54) is 6.07 Å². The molecule has 106 valence electrons. The number of aromatic nitrogens is 2. The van der Waals surface area contributed by atoms with Gasteiger partial charge in [0.1, 0.15) is 5.82 Å². The molecule has 0 bridgehead atoms. The van der Waals surface area contributed by atoms with Crippen LogP contribution in [0.1, 0.15) is 0 Å². The Labute approximate surface area is 126 Å². The fourth-order valence-electron chi connectivity index (χ4n) is 2.77. The number of halogens is 1. The van der Waals surface area contributed by atoms with Crippen LogP contribution in [-0.4, -0.2) is 9.97 Å².